The van der Waals surface area contributed by atoms with E-state index in [-0.39, 0.29) is 5.56 Å². The van der Waals surface area contributed by atoms with Crippen LogP contribution in [0.4, 0.5) is 0 Å². The molecule has 1 aliphatic heterocycles. The number of aliphatic imine (C=N–C) groups is 1. The van der Waals surface area contributed by atoms with E-state index in [1.54, 1.807) is 18.5 Å². The first-order valence-electron chi connectivity index (χ1n) is 3.26. The number of nitrogens with one attached hydrogen (secondary N) is 1. The Morgan fingerprint density at radius 3 is 3.45 bits per heavy atom. The monoisotopic (exact) mass is 150 g/mol. The molecule has 0 radical (unpaired) electrons. The fourth-order valence-corrected chi connectivity index (χ4v) is 0.979. The third-order valence-electron chi connectivity index (χ3n) is 1.52. The molecular formula is C7H6N2O2. The highest BCUT2D eigenvalue weighted by Gasteiger charge is 2.09. The average molecular weight is 150 g/mol. The van der Waals surface area contributed by atoms with E-state index in [1.165, 1.54) is 0 Å². The number of aromatic amines is 1. The molecule has 1 aromatic heterocycles. The van der Waals surface area contributed by atoms with Gasteiger partial charge in [0, 0.05) is 18.8 Å². The van der Waals surface area contributed by atoms with E-state index < -0.39 is 0 Å². The maximum absolute atomic E-state index is 11.0. The Hall–Kier alpha value is -1.58. The molecule has 0 fully saturated rings. The van der Waals surface area contributed by atoms with Crippen molar-refractivity contribution in [3.05, 3.63) is 27.9 Å². The number of aromatic nitrogens is 1. The summed E-state index contributed by atoms with van der Waals surface area (Å²) in [4.78, 5) is 14.8. The van der Waals surface area contributed by atoms with Crippen LogP contribution in [0, 0.1) is 0 Å². The molecule has 56 valence electrons. The molecule has 0 saturated carbocycles. The van der Waals surface area contributed by atoms with Gasteiger partial charge in [-0.3, -0.25) is 9.79 Å². The van der Waals surface area contributed by atoms with Crippen LogP contribution in [0.15, 0.2) is 20.5 Å². The lowest BCUT2D eigenvalue weighted by molar-refractivity contribution is 0.388. The minimum Gasteiger partial charge on any atom is -0.382 e. The first-order valence-corrected chi connectivity index (χ1v) is 3.26. The largest absolute Gasteiger partial charge is 0.382 e. The first kappa shape index (κ1) is 6.15. The molecule has 11 heavy (non-hydrogen) atoms. The summed E-state index contributed by atoms with van der Waals surface area (Å²) in [6.45, 7) is 0. The fourth-order valence-electron chi connectivity index (χ4n) is 0.979. The van der Waals surface area contributed by atoms with Crippen molar-refractivity contribution in [2.45, 2.75) is 6.42 Å². The molecule has 0 spiro atoms. The second-order valence-corrected chi connectivity index (χ2v) is 2.22. The van der Waals surface area contributed by atoms with E-state index in [0.29, 0.717) is 17.7 Å². The SMILES string of the molecule is O=c1[nH]oc2c1C=CN=CC2. The Morgan fingerprint density at radius 1 is 1.64 bits per heavy atom. The van der Waals surface area contributed by atoms with Crippen LogP contribution >= 0.6 is 0 Å². The van der Waals surface area contributed by atoms with Gasteiger partial charge in [0.15, 0.2) is 0 Å². The van der Waals surface area contributed by atoms with Crippen LogP contribution < -0.4 is 5.56 Å². The van der Waals surface area contributed by atoms with Crippen molar-refractivity contribution in [1.82, 2.24) is 5.16 Å². The summed E-state index contributed by atoms with van der Waals surface area (Å²) in [6.07, 6.45) is 5.48. The van der Waals surface area contributed by atoms with Crippen LogP contribution in [0.3, 0.4) is 0 Å². The minimum atomic E-state index is -0.193. The molecule has 0 aliphatic carbocycles. The topological polar surface area (TPSA) is 58.4 Å². The van der Waals surface area contributed by atoms with Crippen LogP contribution in [-0.2, 0) is 6.42 Å². The Kier molecular flexibility index (Phi) is 1.25. The predicted octanol–water partition coefficient (Wildman–Crippen LogP) is 0.566. The predicted molar refractivity (Wildman–Crippen MR) is 40.6 cm³/mol. The maximum atomic E-state index is 11.0. The Balaban J connectivity index is 2.64. The number of nitrogens with zero attached hydrogens (tertiary/aromatic N) is 1. The fraction of sp³-hybridized carbons (Fsp3) is 0.143. The molecule has 0 unspecified atom stereocenters. The van der Waals surface area contributed by atoms with Gasteiger partial charge in [-0.15, -0.1) is 0 Å². The Bertz CT molecular complexity index is 370. The first-order chi connectivity index (χ1) is 5.38. The van der Waals surface area contributed by atoms with Gasteiger partial charge in [0.25, 0.3) is 5.56 Å². The summed E-state index contributed by atoms with van der Waals surface area (Å²) in [5, 5.41) is 2.26. The van der Waals surface area contributed by atoms with Crippen LogP contribution in [0.1, 0.15) is 11.3 Å². The quantitative estimate of drug-likeness (QED) is 0.587. The van der Waals surface area contributed by atoms with E-state index >= 15 is 0 Å². The second-order valence-electron chi connectivity index (χ2n) is 2.22. The highest BCUT2D eigenvalue weighted by Crippen LogP contribution is 2.07. The van der Waals surface area contributed by atoms with Gasteiger partial charge >= 0.3 is 0 Å². The second kappa shape index (κ2) is 2.23. The molecule has 2 rings (SSSR count). The van der Waals surface area contributed by atoms with Crippen molar-refractivity contribution in [3.63, 3.8) is 0 Å². The van der Waals surface area contributed by atoms with Crippen molar-refractivity contribution < 1.29 is 4.52 Å². The minimum absolute atomic E-state index is 0.193. The highest BCUT2D eigenvalue weighted by atomic mass is 16.5. The normalized spacial score (nSPS) is 14.5. The zero-order chi connectivity index (χ0) is 7.68. The summed E-state index contributed by atoms with van der Waals surface area (Å²) < 4.78 is 4.89. The Morgan fingerprint density at radius 2 is 2.55 bits per heavy atom. The van der Waals surface area contributed by atoms with Crippen molar-refractivity contribution in [3.8, 4) is 0 Å². The van der Waals surface area contributed by atoms with E-state index in [1.807, 2.05) is 0 Å². The lowest BCUT2D eigenvalue weighted by Crippen LogP contribution is -2.01. The Labute approximate surface area is 62.2 Å². The molecule has 4 heteroatoms. The number of hydrogen-bond acceptors (Lipinski definition) is 3. The zero-order valence-corrected chi connectivity index (χ0v) is 5.70. The standard InChI is InChI=1S/C7H6N2O2/c10-7-5-1-3-8-4-2-6(5)11-9-7/h1,3-4H,2H2,(H,9,10). The molecule has 4 nitrogen and oxygen atoms in total. The molecule has 0 aromatic carbocycles. The van der Waals surface area contributed by atoms with Crippen molar-refractivity contribution in [1.29, 1.82) is 0 Å². The van der Waals surface area contributed by atoms with Crippen molar-refractivity contribution in [2.24, 2.45) is 4.99 Å². The molecule has 1 aliphatic rings. The lowest BCUT2D eigenvalue weighted by Gasteiger charge is -1.83. The van der Waals surface area contributed by atoms with Gasteiger partial charge in [0.05, 0.1) is 5.56 Å². The van der Waals surface area contributed by atoms with E-state index in [2.05, 4.69) is 10.1 Å². The molecule has 0 saturated heterocycles. The van der Waals surface area contributed by atoms with E-state index in [0.717, 1.165) is 0 Å². The number of hydrogen-bond donors (Lipinski definition) is 1. The summed E-state index contributed by atoms with van der Waals surface area (Å²) in [5.74, 6) is 0.646. The van der Waals surface area contributed by atoms with Gasteiger partial charge in [0.2, 0.25) is 0 Å². The zero-order valence-electron chi connectivity index (χ0n) is 5.70. The van der Waals surface area contributed by atoms with Crippen LogP contribution in [0.2, 0.25) is 0 Å². The smallest absolute Gasteiger partial charge is 0.287 e. The van der Waals surface area contributed by atoms with E-state index in [4.69, 9.17) is 4.52 Å². The number of rotatable bonds is 0. The van der Waals surface area contributed by atoms with Crippen LogP contribution in [-0.4, -0.2) is 11.4 Å². The van der Waals surface area contributed by atoms with Crippen LogP contribution in [0.5, 0.6) is 0 Å². The van der Waals surface area contributed by atoms with Crippen LogP contribution in [0.25, 0.3) is 6.08 Å². The molecular weight excluding hydrogens is 144 g/mol. The van der Waals surface area contributed by atoms with Gasteiger partial charge in [-0.05, 0) is 6.08 Å². The molecule has 0 atom stereocenters. The van der Waals surface area contributed by atoms with Gasteiger partial charge in [-0.1, -0.05) is 0 Å². The highest BCUT2D eigenvalue weighted by molar-refractivity contribution is 5.67. The lowest BCUT2D eigenvalue weighted by atomic mass is 10.2. The molecule has 1 N–H and O–H groups in total. The number of H-pyrrole nitrogens is 1. The molecule has 0 bridgehead atoms. The maximum Gasteiger partial charge on any atom is 0.287 e. The molecule has 0 amide bonds. The third-order valence-corrected chi connectivity index (χ3v) is 1.52. The summed E-state index contributed by atoms with van der Waals surface area (Å²) in [5.41, 5.74) is 0.379. The summed E-state index contributed by atoms with van der Waals surface area (Å²) in [6, 6.07) is 0. The van der Waals surface area contributed by atoms with Crippen molar-refractivity contribution >= 4 is 12.3 Å². The van der Waals surface area contributed by atoms with Gasteiger partial charge in [-0.2, -0.15) is 5.16 Å². The van der Waals surface area contributed by atoms with Gasteiger partial charge < -0.3 is 4.52 Å². The third kappa shape index (κ3) is 0.920. The van der Waals surface area contributed by atoms with E-state index in [9.17, 15) is 4.79 Å². The van der Waals surface area contributed by atoms with Gasteiger partial charge in [-0.25, -0.2) is 0 Å². The summed E-state index contributed by atoms with van der Waals surface area (Å²) in [7, 11) is 0. The van der Waals surface area contributed by atoms with Gasteiger partial charge in [0.1, 0.15) is 5.76 Å². The summed E-state index contributed by atoms with van der Waals surface area (Å²) >= 11 is 0. The molecule has 1 aromatic rings. The molecule has 2 heterocycles. The van der Waals surface area contributed by atoms with Crippen molar-refractivity contribution in [2.75, 3.05) is 0 Å². The number of fused-ring (bicyclic) bond motifs is 1. The average Bonchev–Trinajstić information content (AvgIpc) is 2.25.